The standard InChI is InChI=1S/C27H24F4N6O/c1-14-23-20(25(28)29)11-21(26(30)31)32-27(23)37(34-14)13-22(38)33-24-15(2)35-36(16(24)3)12-18-9-6-8-17-7-4-5-10-19(17)18/h4-11,25-26H,12-13H2,1-3H3,(H,33,38). The number of nitrogens with one attached hydrogen (secondary N) is 1. The van der Waals surface area contributed by atoms with E-state index < -0.39 is 36.6 Å². The Morgan fingerprint density at radius 3 is 2.37 bits per heavy atom. The maximum Gasteiger partial charge on any atom is 0.280 e. The molecule has 0 fully saturated rings. The first kappa shape index (κ1) is 25.4. The second-order valence-corrected chi connectivity index (χ2v) is 9.07. The minimum absolute atomic E-state index is 0.0348. The quantitative estimate of drug-likeness (QED) is 0.255. The second-order valence-electron chi connectivity index (χ2n) is 9.07. The Bertz CT molecular complexity index is 1670. The van der Waals surface area contributed by atoms with E-state index in [0.29, 0.717) is 24.0 Å². The van der Waals surface area contributed by atoms with Gasteiger partial charge in [0.2, 0.25) is 5.91 Å². The third-order valence-electron chi connectivity index (χ3n) is 6.53. The zero-order valence-electron chi connectivity index (χ0n) is 20.8. The number of carbonyl (C=O) groups excluding carboxylic acids is 1. The Kier molecular flexibility index (Phi) is 6.60. The minimum Gasteiger partial charge on any atom is -0.321 e. The largest absolute Gasteiger partial charge is 0.321 e. The van der Waals surface area contributed by atoms with Gasteiger partial charge in [-0.2, -0.15) is 10.2 Å². The maximum absolute atomic E-state index is 13.6. The predicted octanol–water partition coefficient (Wildman–Crippen LogP) is 6.27. The molecule has 0 aliphatic heterocycles. The van der Waals surface area contributed by atoms with Crippen LogP contribution >= 0.6 is 0 Å². The number of anilines is 1. The van der Waals surface area contributed by atoms with Gasteiger partial charge in [-0.05, 0) is 43.2 Å². The van der Waals surface area contributed by atoms with Crippen molar-refractivity contribution in [3.05, 3.63) is 82.4 Å². The molecule has 5 rings (SSSR count). The number of rotatable bonds is 7. The zero-order chi connectivity index (χ0) is 27.1. The van der Waals surface area contributed by atoms with Gasteiger partial charge in [0, 0.05) is 5.56 Å². The monoisotopic (exact) mass is 524 g/mol. The highest BCUT2D eigenvalue weighted by molar-refractivity contribution is 5.93. The van der Waals surface area contributed by atoms with Gasteiger partial charge in [-0.15, -0.1) is 0 Å². The number of pyridine rings is 1. The number of carbonyl (C=O) groups is 1. The van der Waals surface area contributed by atoms with Crippen LogP contribution in [0, 0.1) is 20.8 Å². The van der Waals surface area contributed by atoms with Crippen LogP contribution in [0.15, 0.2) is 48.5 Å². The summed E-state index contributed by atoms with van der Waals surface area (Å²) in [5.74, 6) is -0.520. The topological polar surface area (TPSA) is 77.6 Å². The van der Waals surface area contributed by atoms with Gasteiger partial charge in [0.1, 0.15) is 12.2 Å². The molecule has 0 aliphatic carbocycles. The van der Waals surface area contributed by atoms with Crippen LogP contribution in [0.2, 0.25) is 0 Å². The summed E-state index contributed by atoms with van der Waals surface area (Å²) >= 11 is 0. The summed E-state index contributed by atoms with van der Waals surface area (Å²) in [6, 6.07) is 14.8. The molecule has 1 N–H and O–H groups in total. The maximum atomic E-state index is 13.6. The molecule has 0 bridgehead atoms. The molecule has 5 aromatic rings. The SMILES string of the molecule is Cc1nn(Cc2cccc3ccccc23)c(C)c1NC(=O)Cn1nc(C)c2c(C(F)F)cc(C(F)F)nc21. The van der Waals surface area contributed by atoms with Gasteiger partial charge in [0.05, 0.1) is 34.7 Å². The van der Waals surface area contributed by atoms with E-state index in [-0.39, 0.29) is 16.7 Å². The van der Waals surface area contributed by atoms with E-state index in [0.717, 1.165) is 26.7 Å². The van der Waals surface area contributed by atoms with Crippen LogP contribution in [0.1, 0.15) is 46.8 Å². The van der Waals surface area contributed by atoms with Crippen LogP contribution in [0.25, 0.3) is 21.8 Å². The average Bonchev–Trinajstić information content (AvgIpc) is 3.33. The summed E-state index contributed by atoms with van der Waals surface area (Å²) in [5, 5.41) is 13.7. The first-order valence-corrected chi connectivity index (χ1v) is 11.9. The second kappa shape index (κ2) is 9.88. The highest BCUT2D eigenvalue weighted by atomic mass is 19.3. The molecule has 1 amide bonds. The van der Waals surface area contributed by atoms with Crippen molar-refractivity contribution in [2.24, 2.45) is 0 Å². The van der Waals surface area contributed by atoms with Crippen molar-refractivity contribution in [2.45, 2.75) is 46.7 Å². The van der Waals surface area contributed by atoms with Crippen LogP contribution in [-0.2, 0) is 17.9 Å². The lowest BCUT2D eigenvalue weighted by Crippen LogP contribution is -2.20. The Hall–Kier alpha value is -4.28. The number of halogens is 4. The summed E-state index contributed by atoms with van der Waals surface area (Å²) in [7, 11) is 0. The molecule has 196 valence electrons. The molecule has 0 unspecified atom stereocenters. The Balaban J connectivity index is 1.42. The fraction of sp³-hybridized carbons (Fsp3) is 0.259. The molecule has 0 radical (unpaired) electrons. The lowest BCUT2D eigenvalue weighted by atomic mass is 10.0. The van der Waals surface area contributed by atoms with Crippen molar-refractivity contribution in [1.82, 2.24) is 24.5 Å². The molecule has 0 saturated carbocycles. The van der Waals surface area contributed by atoms with Crippen LogP contribution in [0.5, 0.6) is 0 Å². The summed E-state index contributed by atoms with van der Waals surface area (Å²) in [4.78, 5) is 16.8. The lowest BCUT2D eigenvalue weighted by molar-refractivity contribution is -0.116. The molecule has 3 heterocycles. The Morgan fingerprint density at radius 2 is 1.63 bits per heavy atom. The molecule has 11 heteroatoms. The van der Waals surface area contributed by atoms with Gasteiger partial charge in [0.15, 0.2) is 5.65 Å². The number of fused-ring (bicyclic) bond motifs is 2. The molecule has 0 aliphatic rings. The molecule has 2 aromatic carbocycles. The number of aromatic nitrogens is 5. The van der Waals surface area contributed by atoms with Crippen molar-refractivity contribution in [1.29, 1.82) is 0 Å². The average molecular weight is 525 g/mol. The van der Waals surface area contributed by atoms with Gasteiger partial charge in [-0.25, -0.2) is 27.2 Å². The lowest BCUT2D eigenvalue weighted by Gasteiger charge is -2.10. The van der Waals surface area contributed by atoms with Crippen LogP contribution in [0.3, 0.4) is 0 Å². The summed E-state index contributed by atoms with van der Waals surface area (Å²) < 4.78 is 56.8. The van der Waals surface area contributed by atoms with Crippen molar-refractivity contribution >= 4 is 33.4 Å². The fourth-order valence-electron chi connectivity index (χ4n) is 4.74. The predicted molar refractivity (Wildman–Crippen MR) is 136 cm³/mol. The smallest absolute Gasteiger partial charge is 0.280 e. The van der Waals surface area contributed by atoms with Gasteiger partial charge in [-0.3, -0.25) is 9.48 Å². The normalized spacial score (nSPS) is 11.8. The van der Waals surface area contributed by atoms with E-state index in [2.05, 4.69) is 20.5 Å². The van der Waals surface area contributed by atoms with E-state index in [1.807, 2.05) is 49.4 Å². The van der Waals surface area contributed by atoms with Crippen LogP contribution in [-0.4, -0.2) is 30.5 Å². The van der Waals surface area contributed by atoms with Gasteiger partial charge < -0.3 is 5.32 Å². The van der Waals surface area contributed by atoms with Crippen molar-refractivity contribution in [3.8, 4) is 0 Å². The van der Waals surface area contributed by atoms with Gasteiger partial charge in [-0.1, -0.05) is 42.5 Å². The number of hydrogen-bond acceptors (Lipinski definition) is 4. The number of alkyl halides is 4. The molecule has 0 atom stereocenters. The third kappa shape index (κ3) is 4.59. The van der Waals surface area contributed by atoms with E-state index in [1.54, 1.807) is 11.6 Å². The minimum atomic E-state index is -3.05. The third-order valence-corrected chi connectivity index (χ3v) is 6.53. The van der Waals surface area contributed by atoms with Gasteiger partial charge >= 0.3 is 0 Å². The van der Waals surface area contributed by atoms with Crippen LogP contribution < -0.4 is 5.32 Å². The first-order chi connectivity index (χ1) is 18.1. The molecule has 0 spiro atoms. The summed E-state index contributed by atoms with van der Waals surface area (Å²) in [5.41, 5.74) is 1.50. The molecule has 0 saturated heterocycles. The Morgan fingerprint density at radius 1 is 0.921 bits per heavy atom. The molecule has 3 aromatic heterocycles. The summed E-state index contributed by atoms with van der Waals surface area (Å²) in [6.07, 6.45) is -6.05. The number of aryl methyl sites for hydroxylation is 2. The first-order valence-electron chi connectivity index (χ1n) is 11.9. The van der Waals surface area contributed by atoms with E-state index in [1.165, 1.54) is 6.92 Å². The molecule has 38 heavy (non-hydrogen) atoms. The van der Waals surface area contributed by atoms with Gasteiger partial charge in [0.25, 0.3) is 12.9 Å². The molecular weight excluding hydrogens is 500 g/mol. The number of benzene rings is 2. The number of hydrogen-bond donors (Lipinski definition) is 1. The van der Waals surface area contributed by atoms with Crippen molar-refractivity contribution in [2.75, 3.05) is 5.32 Å². The van der Waals surface area contributed by atoms with Crippen molar-refractivity contribution < 1.29 is 22.4 Å². The summed E-state index contributed by atoms with van der Waals surface area (Å²) in [6.45, 7) is 5.16. The van der Waals surface area contributed by atoms with Crippen molar-refractivity contribution in [3.63, 3.8) is 0 Å². The number of amides is 1. The van der Waals surface area contributed by atoms with Crippen LogP contribution in [0.4, 0.5) is 23.2 Å². The zero-order valence-corrected chi connectivity index (χ0v) is 20.8. The Labute approximate surface area is 215 Å². The fourth-order valence-corrected chi connectivity index (χ4v) is 4.74. The number of nitrogens with zero attached hydrogens (tertiary/aromatic N) is 5. The molecular formula is C27H24F4N6O. The van der Waals surface area contributed by atoms with E-state index >= 15 is 0 Å². The van der Waals surface area contributed by atoms with E-state index in [9.17, 15) is 22.4 Å². The highest BCUT2D eigenvalue weighted by Gasteiger charge is 2.24. The van der Waals surface area contributed by atoms with E-state index in [4.69, 9.17) is 0 Å². The molecule has 7 nitrogen and oxygen atoms in total. The highest BCUT2D eigenvalue weighted by Crippen LogP contribution is 2.32.